The highest BCUT2D eigenvalue weighted by Crippen LogP contribution is 2.40. The van der Waals surface area contributed by atoms with Crippen LogP contribution in [0.2, 0.25) is 0 Å². The van der Waals surface area contributed by atoms with Gasteiger partial charge >= 0.3 is 0 Å². The summed E-state index contributed by atoms with van der Waals surface area (Å²) in [5.41, 5.74) is 0.257. The van der Waals surface area contributed by atoms with Crippen LogP contribution in [-0.4, -0.2) is 35.0 Å². The van der Waals surface area contributed by atoms with Crippen molar-refractivity contribution < 1.29 is 4.79 Å². The lowest BCUT2D eigenvalue weighted by Crippen LogP contribution is -2.60. The van der Waals surface area contributed by atoms with E-state index in [2.05, 4.69) is 16.8 Å². The van der Waals surface area contributed by atoms with Gasteiger partial charge in [-0.3, -0.25) is 4.79 Å². The van der Waals surface area contributed by atoms with Gasteiger partial charge in [0.25, 0.3) is 0 Å². The number of nitrogens with one attached hydrogen (secondary N) is 1. The Bertz CT molecular complexity index is 392. The van der Waals surface area contributed by atoms with Gasteiger partial charge in [-0.15, -0.1) is 6.58 Å². The zero-order chi connectivity index (χ0) is 14.8. The third-order valence-electron chi connectivity index (χ3n) is 5.84. The average molecular weight is 290 g/mol. The molecule has 2 saturated carbocycles. The molecule has 2 aliphatic carbocycles. The van der Waals surface area contributed by atoms with Gasteiger partial charge in [0, 0.05) is 30.6 Å². The Morgan fingerprint density at radius 3 is 2.14 bits per heavy atom. The number of carbonyl (C=O) groups excluding carboxylic acids is 1. The summed E-state index contributed by atoms with van der Waals surface area (Å²) < 4.78 is 0. The summed E-state index contributed by atoms with van der Waals surface area (Å²) in [7, 11) is 0. The molecule has 1 heterocycles. The second-order valence-electron chi connectivity index (χ2n) is 7.55. The SMILES string of the molecule is C=CCN1CC2(CCCCC2)NC2(CCCCC2)CC1=O. The van der Waals surface area contributed by atoms with Gasteiger partial charge in [0.05, 0.1) is 0 Å². The molecule has 1 amide bonds. The summed E-state index contributed by atoms with van der Waals surface area (Å²) in [5, 5.41) is 4.07. The topological polar surface area (TPSA) is 32.3 Å². The molecule has 3 nitrogen and oxygen atoms in total. The fraction of sp³-hybridized carbons (Fsp3) is 0.833. The predicted molar refractivity (Wildman–Crippen MR) is 86.2 cm³/mol. The van der Waals surface area contributed by atoms with E-state index in [9.17, 15) is 4.79 Å². The summed E-state index contributed by atoms with van der Waals surface area (Å²) in [4.78, 5) is 14.8. The highest BCUT2D eigenvalue weighted by Gasteiger charge is 2.47. The first-order valence-electron chi connectivity index (χ1n) is 8.85. The molecule has 0 atom stereocenters. The van der Waals surface area contributed by atoms with Gasteiger partial charge < -0.3 is 10.2 Å². The number of carbonyl (C=O) groups is 1. The Morgan fingerprint density at radius 1 is 1.00 bits per heavy atom. The first-order valence-corrected chi connectivity index (χ1v) is 8.85. The quantitative estimate of drug-likeness (QED) is 0.791. The second-order valence-corrected chi connectivity index (χ2v) is 7.55. The molecule has 3 heteroatoms. The lowest BCUT2D eigenvalue weighted by atomic mass is 9.74. The zero-order valence-electron chi connectivity index (χ0n) is 13.3. The molecule has 3 rings (SSSR count). The van der Waals surface area contributed by atoms with E-state index in [0.29, 0.717) is 18.9 Å². The molecule has 0 aromatic carbocycles. The third kappa shape index (κ3) is 3.18. The summed E-state index contributed by atoms with van der Waals surface area (Å²) in [6.07, 6.45) is 15.3. The first kappa shape index (κ1) is 15.1. The molecular weight excluding hydrogens is 260 g/mol. The van der Waals surface area contributed by atoms with Crippen molar-refractivity contribution in [3.05, 3.63) is 12.7 Å². The van der Waals surface area contributed by atoms with Gasteiger partial charge in [0.1, 0.15) is 0 Å². The van der Waals surface area contributed by atoms with Crippen LogP contribution in [-0.2, 0) is 4.79 Å². The Balaban J connectivity index is 1.87. The maximum atomic E-state index is 12.7. The highest BCUT2D eigenvalue weighted by atomic mass is 16.2. The predicted octanol–water partition coefficient (Wildman–Crippen LogP) is 3.40. The molecule has 0 unspecified atom stereocenters. The van der Waals surface area contributed by atoms with Crippen LogP contribution >= 0.6 is 0 Å². The number of amides is 1. The van der Waals surface area contributed by atoms with Gasteiger partial charge in [-0.2, -0.15) is 0 Å². The minimum Gasteiger partial charge on any atom is -0.337 e. The number of hydrogen-bond acceptors (Lipinski definition) is 2. The normalized spacial score (nSPS) is 28.6. The van der Waals surface area contributed by atoms with Gasteiger partial charge in [-0.25, -0.2) is 0 Å². The molecule has 3 aliphatic rings. The number of nitrogens with zero attached hydrogens (tertiary/aromatic N) is 1. The fourth-order valence-corrected chi connectivity index (χ4v) is 4.87. The summed E-state index contributed by atoms with van der Waals surface area (Å²) >= 11 is 0. The van der Waals surface area contributed by atoms with Gasteiger partial charge in [-0.05, 0) is 25.7 Å². The van der Waals surface area contributed by atoms with E-state index in [-0.39, 0.29) is 11.1 Å². The molecule has 1 aliphatic heterocycles. The van der Waals surface area contributed by atoms with Crippen molar-refractivity contribution in [2.45, 2.75) is 81.7 Å². The smallest absolute Gasteiger partial charge is 0.224 e. The van der Waals surface area contributed by atoms with Crippen LogP contribution in [0, 0.1) is 0 Å². The molecule has 21 heavy (non-hydrogen) atoms. The fourth-order valence-electron chi connectivity index (χ4n) is 4.87. The molecule has 0 aromatic rings. The number of rotatable bonds is 2. The second kappa shape index (κ2) is 6.12. The van der Waals surface area contributed by atoms with Crippen molar-refractivity contribution >= 4 is 5.91 Å². The first-order chi connectivity index (χ1) is 10.2. The molecule has 0 aromatic heterocycles. The van der Waals surface area contributed by atoms with Crippen LogP contribution in [0.5, 0.6) is 0 Å². The van der Waals surface area contributed by atoms with Crippen molar-refractivity contribution in [3.63, 3.8) is 0 Å². The van der Waals surface area contributed by atoms with Crippen molar-refractivity contribution in [2.75, 3.05) is 13.1 Å². The summed E-state index contributed by atoms with van der Waals surface area (Å²) in [5.74, 6) is 0.340. The third-order valence-corrected chi connectivity index (χ3v) is 5.84. The van der Waals surface area contributed by atoms with E-state index in [0.717, 1.165) is 6.54 Å². The molecular formula is C18H30N2O. The molecule has 1 N–H and O–H groups in total. The van der Waals surface area contributed by atoms with Gasteiger partial charge in [0.2, 0.25) is 5.91 Å². The summed E-state index contributed by atoms with van der Waals surface area (Å²) in [6, 6.07) is 0. The van der Waals surface area contributed by atoms with Gasteiger partial charge in [0.15, 0.2) is 0 Å². The van der Waals surface area contributed by atoms with Crippen LogP contribution in [0.1, 0.15) is 70.6 Å². The highest BCUT2D eigenvalue weighted by molar-refractivity contribution is 5.78. The van der Waals surface area contributed by atoms with E-state index in [1.807, 2.05) is 6.08 Å². The Morgan fingerprint density at radius 2 is 1.57 bits per heavy atom. The minimum absolute atomic E-state index is 0.0859. The van der Waals surface area contributed by atoms with Crippen molar-refractivity contribution in [3.8, 4) is 0 Å². The lowest BCUT2D eigenvalue weighted by molar-refractivity contribution is -0.131. The molecule has 2 spiro atoms. The van der Waals surface area contributed by atoms with E-state index >= 15 is 0 Å². The number of hydrogen-bond donors (Lipinski definition) is 1. The average Bonchev–Trinajstić information content (AvgIpc) is 2.57. The monoisotopic (exact) mass is 290 g/mol. The van der Waals surface area contributed by atoms with E-state index < -0.39 is 0 Å². The summed E-state index contributed by atoms with van der Waals surface area (Å²) in [6.45, 7) is 5.44. The standard InChI is InChI=1S/C18H30N2O/c1-2-13-20-15-18(11-7-4-8-12-18)19-17(14-16(20)21)9-5-3-6-10-17/h2,19H,1,3-15H2. The molecule has 3 fully saturated rings. The lowest BCUT2D eigenvalue weighted by Gasteiger charge is -2.47. The van der Waals surface area contributed by atoms with Crippen LogP contribution < -0.4 is 5.32 Å². The maximum Gasteiger partial charge on any atom is 0.224 e. The Labute approximate surface area is 129 Å². The molecule has 1 saturated heterocycles. The van der Waals surface area contributed by atoms with Crippen LogP contribution in [0.3, 0.4) is 0 Å². The maximum absolute atomic E-state index is 12.7. The van der Waals surface area contributed by atoms with Gasteiger partial charge in [-0.1, -0.05) is 44.6 Å². The van der Waals surface area contributed by atoms with Crippen molar-refractivity contribution in [1.82, 2.24) is 10.2 Å². The van der Waals surface area contributed by atoms with Crippen LogP contribution in [0.25, 0.3) is 0 Å². The van der Waals surface area contributed by atoms with E-state index in [1.165, 1.54) is 64.2 Å². The van der Waals surface area contributed by atoms with E-state index in [1.54, 1.807) is 0 Å². The Kier molecular flexibility index (Phi) is 4.39. The van der Waals surface area contributed by atoms with E-state index in [4.69, 9.17) is 0 Å². The zero-order valence-corrected chi connectivity index (χ0v) is 13.3. The largest absolute Gasteiger partial charge is 0.337 e. The minimum atomic E-state index is 0.0859. The van der Waals surface area contributed by atoms with Crippen LogP contribution in [0.15, 0.2) is 12.7 Å². The molecule has 0 radical (unpaired) electrons. The molecule has 118 valence electrons. The van der Waals surface area contributed by atoms with Crippen LogP contribution in [0.4, 0.5) is 0 Å². The van der Waals surface area contributed by atoms with Crippen molar-refractivity contribution in [2.24, 2.45) is 0 Å². The van der Waals surface area contributed by atoms with Crippen molar-refractivity contribution in [1.29, 1.82) is 0 Å². The molecule has 0 bridgehead atoms. The Hall–Kier alpha value is -0.830.